The molecule has 18 heavy (non-hydrogen) atoms. The predicted octanol–water partition coefficient (Wildman–Crippen LogP) is 1.01. The van der Waals surface area contributed by atoms with Gasteiger partial charge in [-0.05, 0) is 12.5 Å². The summed E-state index contributed by atoms with van der Waals surface area (Å²) in [5.41, 5.74) is 8.16. The number of nitrogens with two attached hydrogens (primary N) is 1. The van der Waals surface area contributed by atoms with Gasteiger partial charge in [-0.1, -0.05) is 30.3 Å². The predicted molar refractivity (Wildman–Crippen MR) is 66.9 cm³/mol. The average Bonchev–Trinajstić information content (AvgIpc) is 2.35. The molecule has 0 aliphatic rings. The summed E-state index contributed by atoms with van der Waals surface area (Å²) in [6.07, 6.45) is -0.0296. The molecule has 96 valence electrons. The van der Waals surface area contributed by atoms with Crippen LogP contribution in [0.1, 0.15) is 18.9 Å². The zero-order valence-electron chi connectivity index (χ0n) is 10.1. The number of amides is 2. The van der Waals surface area contributed by atoms with E-state index in [0.717, 1.165) is 5.56 Å². The number of nitrogens with zero attached hydrogens (tertiary/aromatic N) is 1. The molecular weight excluding hydrogens is 234 g/mol. The van der Waals surface area contributed by atoms with Crippen molar-refractivity contribution in [2.45, 2.75) is 13.3 Å². The Morgan fingerprint density at radius 2 is 2.00 bits per heavy atom. The lowest BCUT2D eigenvalue weighted by Gasteiger charge is -2.06. The highest BCUT2D eigenvalue weighted by Gasteiger charge is 2.11. The van der Waals surface area contributed by atoms with E-state index in [1.54, 1.807) is 31.2 Å². The summed E-state index contributed by atoms with van der Waals surface area (Å²) >= 11 is 0. The summed E-state index contributed by atoms with van der Waals surface area (Å²) in [6.45, 7) is 2.02. The van der Waals surface area contributed by atoms with E-state index in [1.807, 2.05) is 6.07 Å². The van der Waals surface area contributed by atoms with Crippen LogP contribution in [0.4, 0.5) is 4.79 Å². The molecule has 0 aromatic heterocycles. The number of urea groups is 1. The molecule has 2 amide bonds. The van der Waals surface area contributed by atoms with Crippen LogP contribution in [0.2, 0.25) is 0 Å². The van der Waals surface area contributed by atoms with E-state index >= 15 is 0 Å². The normalized spacial score (nSPS) is 10.8. The fraction of sp³-hybridized carbons (Fsp3) is 0.250. The third-order valence-electron chi connectivity index (χ3n) is 2.03. The topological polar surface area (TPSA) is 93.8 Å². The molecule has 0 aliphatic heterocycles. The van der Waals surface area contributed by atoms with Crippen molar-refractivity contribution in [2.24, 2.45) is 10.8 Å². The molecule has 0 saturated carbocycles. The molecule has 6 nitrogen and oxygen atoms in total. The molecule has 0 spiro atoms. The van der Waals surface area contributed by atoms with Gasteiger partial charge < -0.3 is 10.5 Å². The number of primary amides is 1. The second-order valence-corrected chi connectivity index (χ2v) is 3.38. The maximum atomic E-state index is 11.4. The summed E-state index contributed by atoms with van der Waals surface area (Å²) in [5, 5.41) is 3.81. The van der Waals surface area contributed by atoms with Crippen molar-refractivity contribution in [1.29, 1.82) is 0 Å². The Morgan fingerprint density at radius 3 is 2.56 bits per heavy atom. The Bertz CT molecular complexity index is 443. The van der Waals surface area contributed by atoms with E-state index < -0.39 is 12.0 Å². The Balaban J connectivity index is 2.85. The molecule has 1 aromatic carbocycles. The summed E-state index contributed by atoms with van der Waals surface area (Å²) in [4.78, 5) is 22.1. The van der Waals surface area contributed by atoms with Crippen LogP contribution in [-0.4, -0.2) is 24.3 Å². The summed E-state index contributed by atoms with van der Waals surface area (Å²) < 4.78 is 4.84. The van der Waals surface area contributed by atoms with Gasteiger partial charge in [0.15, 0.2) is 0 Å². The van der Waals surface area contributed by atoms with Crippen LogP contribution < -0.4 is 11.2 Å². The van der Waals surface area contributed by atoms with Crippen LogP contribution in [0.3, 0.4) is 0 Å². The second kappa shape index (κ2) is 7.05. The molecule has 6 heteroatoms. The lowest BCUT2D eigenvalue weighted by Crippen LogP contribution is -2.26. The number of hydrazone groups is 1. The molecule has 0 unspecified atom stereocenters. The molecular formula is C12H15N3O3. The Morgan fingerprint density at radius 1 is 1.33 bits per heavy atom. The molecule has 0 aliphatic carbocycles. The molecule has 0 heterocycles. The molecule has 1 aromatic rings. The van der Waals surface area contributed by atoms with E-state index in [2.05, 4.69) is 10.5 Å². The van der Waals surface area contributed by atoms with Gasteiger partial charge in [0.05, 0.1) is 18.7 Å². The highest BCUT2D eigenvalue weighted by molar-refractivity contribution is 6.09. The maximum absolute atomic E-state index is 11.4. The minimum atomic E-state index is -0.785. The summed E-state index contributed by atoms with van der Waals surface area (Å²) in [5.74, 6) is -0.411. The van der Waals surface area contributed by atoms with Crippen molar-refractivity contribution in [3.8, 4) is 0 Å². The van der Waals surface area contributed by atoms with E-state index in [0.29, 0.717) is 12.3 Å². The quantitative estimate of drug-likeness (QED) is 0.463. The first kappa shape index (κ1) is 13.7. The number of ether oxygens (including phenoxy) is 1. The zero-order valence-corrected chi connectivity index (χ0v) is 10.1. The van der Waals surface area contributed by atoms with Gasteiger partial charge in [0, 0.05) is 0 Å². The molecule has 0 fully saturated rings. The van der Waals surface area contributed by atoms with Crippen molar-refractivity contribution in [1.82, 2.24) is 5.43 Å². The van der Waals surface area contributed by atoms with Gasteiger partial charge in [0.2, 0.25) is 0 Å². The van der Waals surface area contributed by atoms with E-state index in [1.165, 1.54) is 0 Å². The molecule has 1 rings (SSSR count). The van der Waals surface area contributed by atoms with Gasteiger partial charge in [0.1, 0.15) is 0 Å². The van der Waals surface area contributed by atoms with Crippen molar-refractivity contribution < 1.29 is 14.3 Å². The molecule has 0 saturated heterocycles. The van der Waals surface area contributed by atoms with Crippen LogP contribution in [0, 0.1) is 0 Å². The monoisotopic (exact) mass is 249 g/mol. The van der Waals surface area contributed by atoms with Crippen LogP contribution in [0.25, 0.3) is 0 Å². The van der Waals surface area contributed by atoms with E-state index in [-0.39, 0.29) is 6.42 Å². The minimum Gasteiger partial charge on any atom is -0.466 e. The smallest absolute Gasteiger partial charge is 0.332 e. The van der Waals surface area contributed by atoms with Gasteiger partial charge in [-0.25, -0.2) is 10.2 Å². The highest BCUT2D eigenvalue weighted by Crippen LogP contribution is 2.05. The first-order valence-corrected chi connectivity index (χ1v) is 5.46. The number of hydrogen-bond donors (Lipinski definition) is 2. The summed E-state index contributed by atoms with van der Waals surface area (Å²) in [7, 11) is 0. The third-order valence-corrected chi connectivity index (χ3v) is 2.03. The Hall–Kier alpha value is -2.37. The second-order valence-electron chi connectivity index (χ2n) is 3.38. The van der Waals surface area contributed by atoms with Crippen LogP contribution >= 0.6 is 0 Å². The number of nitrogens with one attached hydrogen (secondary N) is 1. The fourth-order valence-electron chi connectivity index (χ4n) is 1.31. The van der Waals surface area contributed by atoms with Crippen molar-refractivity contribution in [3.05, 3.63) is 35.9 Å². The first-order chi connectivity index (χ1) is 8.63. The van der Waals surface area contributed by atoms with Gasteiger partial charge in [-0.15, -0.1) is 0 Å². The Kier molecular flexibility index (Phi) is 5.37. The number of esters is 1. The van der Waals surface area contributed by atoms with Crippen LogP contribution in [-0.2, 0) is 9.53 Å². The fourth-order valence-corrected chi connectivity index (χ4v) is 1.31. The number of carbonyl (C=O) groups excluding carboxylic acids is 2. The van der Waals surface area contributed by atoms with Gasteiger partial charge >= 0.3 is 12.0 Å². The van der Waals surface area contributed by atoms with Crippen molar-refractivity contribution in [3.63, 3.8) is 0 Å². The average molecular weight is 249 g/mol. The zero-order chi connectivity index (χ0) is 13.4. The number of benzene rings is 1. The summed E-state index contributed by atoms with van der Waals surface area (Å²) in [6, 6.07) is 8.22. The standard InChI is InChI=1S/C12H15N3O3/c1-2-18-11(16)8-10(14-15-12(13)17)9-6-4-3-5-7-9/h3-7H,2,8H2,1H3,(H3,13,15,17)/b14-10+. The molecule has 0 bridgehead atoms. The molecule has 0 atom stereocenters. The van der Waals surface area contributed by atoms with Gasteiger partial charge in [-0.2, -0.15) is 5.10 Å². The van der Waals surface area contributed by atoms with Crippen molar-refractivity contribution in [2.75, 3.05) is 6.61 Å². The lowest BCUT2D eigenvalue weighted by atomic mass is 10.1. The minimum absolute atomic E-state index is 0.0296. The number of carbonyl (C=O) groups is 2. The van der Waals surface area contributed by atoms with Gasteiger partial charge in [-0.3, -0.25) is 4.79 Å². The van der Waals surface area contributed by atoms with Crippen LogP contribution in [0.5, 0.6) is 0 Å². The highest BCUT2D eigenvalue weighted by atomic mass is 16.5. The molecule has 3 N–H and O–H groups in total. The van der Waals surface area contributed by atoms with Gasteiger partial charge in [0.25, 0.3) is 0 Å². The van der Waals surface area contributed by atoms with E-state index in [9.17, 15) is 9.59 Å². The Labute approximate surface area is 105 Å². The maximum Gasteiger partial charge on any atom is 0.332 e. The largest absolute Gasteiger partial charge is 0.466 e. The van der Waals surface area contributed by atoms with Crippen molar-refractivity contribution >= 4 is 17.7 Å². The van der Waals surface area contributed by atoms with Crippen LogP contribution in [0.15, 0.2) is 35.4 Å². The number of rotatable bonds is 5. The number of hydrogen-bond acceptors (Lipinski definition) is 4. The molecule has 0 radical (unpaired) electrons. The van der Waals surface area contributed by atoms with E-state index in [4.69, 9.17) is 10.5 Å². The third kappa shape index (κ3) is 4.65. The first-order valence-electron chi connectivity index (χ1n) is 5.46. The SMILES string of the molecule is CCOC(=O)C/C(=N\NC(N)=O)c1ccccc1. The lowest BCUT2D eigenvalue weighted by molar-refractivity contribution is -0.141.